The van der Waals surface area contributed by atoms with Crippen LogP contribution in [0.5, 0.6) is 0 Å². The van der Waals surface area contributed by atoms with Crippen molar-refractivity contribution in [1.29, 1.82) is 0 Å². The fourth-order valence-electron chi connectivity index (χ4n) is 3.02. The van der Waals surface area contributed by atoms with Gasteiger partial charge in [0.15, 0.2) is 5.69 Å². The number of hydrogen-bond donors (Lipinski definition) is 2. The number of aromatic nitrogens is 3. The summed E-state index contributed by atoms with van der Waals surface area (Å²) in [5.41, 5.74) is 4.84. The molecule has 0 bridgehead atoms. The SMILES string of the molecule is CCn1nc(C(=O)NNC(=O)c2cc(-c3cccc(F)c3)no2)c2ccccc2c1=O. The summed E-state index contributed by atoms with van der Waals surface area (Å²) in [6.07, 6.45) is 0. The summed E-state index contributed by atoms with van der Waals surface area (Å²) in [5, 5.41) is 8.53. The van der Waals surface area contributed by atoms with Crippen molar-refractivity contribution in [2.75, 3.05) is 0 Å². The number of carbonyl (C=O) groups excluding carboxylic acids is 2. The van der Waals surface area contributed by atoms with Crippen LogP contribution < -0.4 is 16.4 Å². The van der Waals surface area contributed by atoms with Crippen molar-refractivity contribution < 1.29 is 18.5 Å². The van der Waals surface area contributed by atoms with E-state index < -0.39 is 17.6 Å². The Morgan fingerprint density at radius 2 is 1.77 bits per heavy atom. The Morgan fingerprint density at radius 3 is 2.52 bits per heavy atom. The number of aryl methyl sites for hydroxylation is 1. The number of hydrazine groups is 1. The van der Waals surface area contributed by atoms with Crippen LogP contribution in [0.15, 0.2) is 63.9 Å². The molecule has 2 N–H and O–H groups in total. The van der Waals surface area contributed by atoms with E-state index in [-0.39, 0.29) is 29.3 Å². The van der Waals surface area contributed by atoms with Crippen molar-refractivity contribution in [3.8, 4) is 11.3 Å². The smallest absolute Gasteiger partial charge is 0.308 e. The lowest BCUT2D eigenvalue weighted by Crippen LogP contribution is -2.42. The monoisotopic (exact) mass is 421 g/mol. The van der Waals surface area contributed by atoms with Crippen molar-refractivity contribution in [3.05, 3.63) is 82.2 Å². The molecule has 0 aliphatic carbocycles. The van der Waals surface area contributed by atoms with Gasteiger partial charge in [-0.3, -0.25) is 25.2 Å². The van der Waals surface area contributed by atoms with Crippen LogP contribution in [0.3, 0.4) is 0 Å². The van der Waals surface area contributed by atoms with E-state index in [9.17, 15) is 18.8 Å². The van der Waals surface area contributed by atoms with Gasteiger partial charge >= 0.3 is 5.91 Å². The van der Waals surface area contributed by atoms with Gasteiger partial charge in [0, 0.05) is 23.6 Å². The van der Waals surface area contributed by atoms with Crippen molar-refractivity contribution in [3.63, 3.8) is 0 Å². The van der Waals surface area contributed by atoms with Crippen LogP contribution in [-0.4, -0.2) is 26.8 Å². The molecule has 0 radical (unpaired) electrons. The third-order valence-corrected chi connectivity index (χ3v) is 4.53. The Kier molecular flexibility index (Phi) is 5.27. The molecule has 2 aromatic carbocycles. The quantitative estimate of drug-likeness (QED) is 0.488. The van der Waals surface area contributed by atoms with Crippen LogP contribution in [-0.2, 0) is 6.54 Å². The minimum Gasteiger partial charge on any atom is -0.350 e. The number of carbonyl (C=O) groups is 2. The molecular weight excluding hydrogens is 405 g/mol. The molecule has 0 saturated heterocycles. The van der Waals surface area contributed by atoms with E-state index in [1.54, 1.807) is 37.3 Å². The van der Waals surface area contributed by atoms with Gasteiger partial charge in [0.2, 0.25) is 5.76 Å². The average molecular weight is 421 g/mol. The number of hydrogen-bond acceptors (Lipinski definition) is 6. The van der Waals surface area contributed by atoms with Crippen LogP contribution in [0.2, 0.25) is 0 Å². The summed E-state index contributed by atoms with van der Waals surface area (Å²) in [6, 6.07) is 13.5. The number of halogens is 1. The Balaban J connectivity index is 1.53. The molecule has 0 aliphatic rings. The van der Waals surface area contributed by atoms with E-state index in [4.69, 9.17) is 4.52 Å². The molecule has 0 fully saturated rings. The minimum atomic E-state index is -0.767. The zero-order valence-corrected chi connectivity index (χ0v) is 16.3. The Hall–Kier alpha value is -4.34. The summed E-state index contributed by atoms with van der Waals surface area (Å²) < 4.78 is 19.5. The second kappa shape index (κ2) is 8.19. The zero-order chi connectivity index (χ0) is 22.0. The lowest BCUT2D eigenvalue weighted by molar-refractivity contribution is 0.0823. The molecule has 31 heavy (non-hydrogen) atoms. The summed E-state index contributed by atoms with van der Waals surface area (Å²) in [5.74, 6) is -2.11. The third-order valence-electron chi connectivity index (χ3n) is 4.53. The molecule has 10 heteroatoms. The van der Waals surface area contributed by atoms with Crippen molar-refractivity contribution in [1.82, 2.24) is 25.8 Å². The second-order valence-electron chi connectivity index (χ2n) is 6.51. The topological polar surface area (TPSA) is 119 Å². The lowest BCUT2D eigenvalue weighted by Gasteiger charge is -2.10. The molecular formula is C21H16FN5O4. The Bertz CT molecular complexity index is 1360. The number of nitrogens with zero attached hydrogens (tertiary/aromatic N) is 3. The number of fused-ring (bicyclic) bond motifs is 1. The largest absolute Gasteiger partial charge is 0.350 e. The predicted molar refractivity (Wildman–Crippen MR) is 109 cm³/mol. The normalized spacial score (nSPS) is 10.8. The first-order valence-electron chi connectivity index (χ1n) is 9.31. The third kappa shape index (κ3) is 3.90. The maximum absolute atomic E-state index is 13.4. The van der Waals surface area contributed by atoms with Gasteiger partial charge in [0.1, 0.15) is 11.5 Å². The van der Waals surface area contributed by atoms with E-state index in [2.05, 4.69) is 21.1 Å². The van der Waals surface area contributed by atoms with E-state index in [1.807, 2.05) is 0 Å². The van der Waals surface area contributed by atoms with Crippen LogP contribution in [0.1, 0.15) is 28.0 Å². The molecule has 0 saturated carbocycles. The standard InChI is InChI=1S/C21H16FN5O4/c1-2-27-21(30)15-9-4-3-8-14(15)18(25-27)20(29)24-23-19(28)17-11-16(26-31-17)12-6-5-7-13(22)10-12/h3-11H,2H2,1H3,(H,23,28)(H,24,29). The highest BCUT2D eigenvalue weighted by Crippen LogP contribution is 2.20. The van der Waals surface area contributed by atoms with Gasteiger partial charge in [-0.15, -0.1) is 0 Å². The first-order chi connectivity index (χ1) is 15.0. The van der Waals surface area contributed by atoms with Crippen LogP contribution in [0.4, 0.5) is 4.39 Å². The summed E-state index contributed by atoms with van der Waals surface area (Å²) >= 11 is 0. The summed E-state index contributed by atoms with van der Waals surface area (Å²) in [7, 11) is 0. The van der Waals surface area contributed by atoms with Gasteiger partial charge in [-0.05, 0) is 25.1 Å². The van der Waals surface area contributed by atoms with Crippen LogP contribution in [0, 0.1) is 5.82 Å². The van der Waals surface area contributed by atoms with Crippen molar-refractivity contribution in [2.24, 2.45) is 0 Å². The minimum absolute atomic E-state index is 0.0182. The molecule has 2 heterocycles. The predicted octanol–water partition coefficient (Wildman–Crippen LogP) is 2.29. The van der Waals surface area contributed by atoms with E-state index in [0.717, 1.165) is 0 Å². The number of benzene rings is 2. The van der Waals surface area contributed by atoms with Crippen molar-refractivity contribution >= 4 is 22.6 Å². The van der Waals surface area contributed by atoms with E-state index >= 15 is 0 Å². The molecule has 156 valence electrons. The molecule has 0 unspecified atom stereocenters. The molecule has 4 rings (SSSR count). The highest BCUT2D eigenvalue weighted by molar-refractivity contribution is 6.05. The van der Waals surface area contributed by atoms with E-state index in [1.165, 1.54) is 28.9 Å². The van der Waals surface area contributed by atoms with Gasteiger partial charge in [-0.1, -0.05) is 35.5 Å². The molecule has 0 aliphatic heterocycles. The van der Waals surface area contributed by atoms with Crippen LogP contribution in [0.25, 0.3) is 22.0 Å². The fourth-order valence-corrected chi connectivity index (χ4v) is 3.02. The highest BCUT2D eigenvalue weighted by Gasteiger charge is 2.19. The first kappa shape index (κ1) is 20.0. The second-order valence-corrected chi connectivity index (χ2v) is 6.51. The molecule has 0 atom stereocenters. The summed E-state index contributed by atoms with van der Waals surface area (Å²) in [4.78, 5) is 37.4. The first-order valence-corrected chi connectivity index (χ1v) is 9.31. The van der Waals surface area contributed by atoms with Crippen molar-refractivity contribution in [2.45, 2.75) is 13.5 Å². The maximum Gasteiger partial charge on any atom is 0.308 e. The van der Waals surface area contributed by atoms with Gasteiger partial charge in [0.05, 0.1) is 5.39 Å². The Morgan fingerprint density at radius 1 is 1.03 bits per heavy atom. The molecule has 9 nitrogen and oxygen atoms in total. The maximum atomic E-state index is 13.4. The van der Waals surface area contributed by atoms with Crippen LogP contribution >= 0.6 is 0 Å². The van der Waals surface area contributed by atoms with Gasteiger partial charge in [-0.25, -0.2) is 9.07 Å². The van der Waals surface area contributed by atoms with Gasteiger partial charge < -0.3 is 4.52 Å². The van der Waals surface area contributed by atoms with Gasteiger partial charge in [0.25, 0.3) is 11.5 Å². The van der Waals surface area contributed by atoms with Gasteiger partial charge in [-0.2, -0.15) is 5.10 Å². The van der Waals surface area contributed by atoms with E-state index in [0.29, 0.717) is 16.3 Å². The molecule has 2 aromatic heterocycles. The number of nitrogens with one attached hydrogen (secondary N) is 2. The number of rotatable bonds is 4. The number of amides is 2. The molecule has 4 aromatic rings. The fraction of sp³-hybridized carbons (Fsp3) is 0.0952. The molecule has 0 spiro atoms. The Labute approximate surface area is 174 Å². The zero-order valence-electron chi connectivity index (χ0n) is 16.3. The highest BCUT2D eigenvalue weighted by atomic mass is 19.1. The lowest BCUT2D eigenvalue weighted by atomic mass is 10.1. The average Bonchev–Trinajstić information content (AvgIpc) is 3.28. The molecule has 2 amide bonds. The summed E-state index contributed by atoms with van der Waals surface area (Å²) in [6.45, 7) is 2.00.